The van der Waals surface area contributed by atoms with Crippen LogP contribution in [0, 0.1) is 0 Å². The Morgan fingerprint density at radius 1 is 1.18 bits per heavy atom. The highest BCUT2D eigenvalue weighted by Crippen LogP contribution is 2.51. The maximum absolute atomic E-state index is 9.59. The van der Waals surface area contributed by atoms with Gasteiger partial charge in [-0.25, -0.2) is 8.88 Å². The maximum Gasteiger partial charge on any atom is 0.476 e. The SMILES string of the molecule is C[N+](C)(C)CCO.N.O=P([O-])(O)OP(=O)(O)O. The number of aliphatic hydroxyl groups excluding tert-OH is 1. The number of nitrogens with zero attached hydrogens (tertiary/aromatic N) is 1. The van der Waals surface area contributed by atoms with E-state index in [0.29, 0.717) is 0 Å². The predicted octanol–water partition coefficient (Wildman–Crippen LogP) is -1.60. The van der Waals surface area contributed by atoms with Crippen molar-refractivity contribution in [1.29, 1.82) is 0 Å². The van der Waals surface area contributed by atoms with E-state index in [4.69, 9.17) is 19.8 Å². The van der Waals surface area contributed by atoms with E-state index >= 15 is 0 Å². The van der Waals surface area contributed by atoms with Gasteiger partial charge in [0, 0.05) is 0 Å². The van der Waals surface area contributed by atoms with Gasteiger partial charge in [-0.3, -0.25) is 4.57 Å². The van der Waals surface area contributed by atoms with Crippen LogP contribution < -0.4 is 11.0 Å². The first kappa shape index (κ1) is 22.3. The van der Waals surface area contributed by atoms with Crippen LogP contribution in [0.5, 0.6) is 0 Å². The average molecular weight is 298 g/mol. The molecule has 7 N–H and O–H groups in total. The monoisotopic (exact) mass is 298 g/mol. The molecule has 0 aromatic carbocycles. The third-order valence-corrected chi connectivity index (χ3v) is 2.66. The molecule has 1 atom stereocenters. The zero-order valence-electron chi connectivity index (χ0n) is 9.88. The number of quaternary nitrogens is 1. The summed E-state index contributed by atoms with van der Waals surface area (Å²) < 4.78 is 22.8. The summed E-state index contributed by atoms with van der Waals surface area (Å²) in [5, 5.41) is 8.39. The molecule has 0 heterocycles. The minimum Gasteiger partial charge on any atom is -0.756 e. The zero-order valence-corrected chi connectivity index (χ0v) is 11.7. The number of aliphatic hydroxyl groups is 1. The molecule has 12 heteroatoms. The summed E-state index contributed by atoms with van der Waals surface area (Å²) in [6, 6.07) is 0. The summed E-state index contributed by atoms with van der Waals surface area (Å²) in [6.07, 6.45) is 0. The van der Waals surface area contributed by atoms with Crippen molar-refractivity contribution < 1.29 is 42.6 Å². The van der Waals surface area contributed by atoms with Crippen LogP contribution in [0.4, 0.5) is 0 Å². The molecule has 0 saturated heterocycles. The first-order chi connectivity index (χ1) is 6.77. The molecule has 0 amide bonds. The Morgan fingerprint density at radius 3 is 1.53 bits per heavy atom. The minimum absolute atomic E-state index is 0. The van der Waals surface area contributed by atoms with E-state index in [0.717, 1.165) is 11.0 Å². The molecular weight excluding hydrogens is 278 g/mol. The fourth-order valence-corrected chi connectivity index (χ4v) is 1.51. The number of rotatable bonds is 4. The number of hydrogen-bond acceptors (Lipinski definition) is 6. The Bertz CT molecular complexity index is 258. The number of phosphoric acid groups is 2. The van der Waals surface area contributed by atoms with Crippen molar-refractivity contribution in [3.05, 3.63) is 0 Å². The first-order valence-corrected chi connectivity index (χ1v) is 7.01. The van der Waals surface area contributed by atoms with Gasteiger partial charge in [-0.1, -0.05) is 0 Å². The van der Waals surface area contributed by atoms with Crippen molar-refractivity contribution in [3.63, 3.8) is 0 Å². The minimum atomic E-state index is -5.30. The normalized spacial score (nSPS) is 15.1. The summed E-state index contributed by atoms with van der Waals surface area (Å²) >= 11 is 0. The van der Waals surface area contributed by atoms with Gasteiger partial charge in [-0.15, -0.1) is 0 Å². The van der Waals surface area contributed by atoms with Crippen LogP contribution in [0.3, 0.4) is 0 Å². The third-order valence-electron chi connectivity index (χ3n) is 0.980. The quantitative estimate of drug-likeness (QED) is 0.301. The smallest absolute Gasteiger partial charge is 0.476 e. The molecule has 0 aromatic rings. The Balaban J connectivity index is -0.000000224. The van der Waals surface area contributed by atoms with Gasteiger partial charge in [-0.05, 0) is 0 Å². The highest BCUT2D eigenvalue weighted by Gasteiger charge is 2.20. The van der Waals surface area contributed by atoms with Crippen molar-refractivity contribution in [3.8, 4) is 0 Å². The summed E-state index contributed by atoms with van der Waals surface area (Å²) in [7, 11) is -4.26. The van der Waals surface area contributed by atoms with E-state index in [1.165, 1.54) is 0 Å². The fourth-order valence-electron chi connectivity index (χ4n) is 0.434. The van der Waals surface area contributed by atoms with Crippen molar-refractivity contribution in [2.24, 2.45) is 0 Å². The van der Waals surface area contributed by atoms with Gasteiger partial charge < -0.3 is 35.3 Å². The molecule has 0 spiro atoms. The second-order valence-electron chi connectivity index (χ2n) is 3.78. The van der Waals surface area contributed by atoms with Crippen LogP contribution in [0.2, 0.25) is 0 Å². The lowest BCUT2D eigenvalue weighted by molar-refractivity contribution is -0.870. The Kier molecular flexibility index (Phi) is 10.9. The van der Waals surface area contributed by atoms with E-state index in [9.17, 15) is 14.0 Å². The topological polar surface area (TPSA) is 182 Å². The Labute approximate surface area is 99.5 Å². The van der Waals surface area contributed by atoms with Crippen LogP contribution in [0.15, 0.2) is 0 Å². The fraction of sp³-hybridized carbons (Fsp3) is 1.00. The van der Waals surface area contributed by atoms with E-state index in [1.807, 2.05) is 0 Å². The third kappa shape index (κ3) is 31.4. The van der Waals surface area contributed by atoms with Gasteiger partial charge in [0.2, 0.25) is 0 Å². The van der Waals surface area contributed by atoms with Crippen molar-refractivity contribution in [1.82, 2.24) is 6.15 Å². The van der Waals surface area contributed by atoms with Crippen molar-refractivity contribution in [2.45, 2.75) is 0 Å². The van der Waals surface area contributed by atoms with Gasteiger partial charge >= 0.3 is 7.82 Å². The first-order valence-electron chi connectivity index (χ1n) is 3.99. The van der Waals surface area contributed by atoms with E-state index in [2.05, 4.69) is 25.5 Å². The molecule has 10 nitrogen and oxygen atoms in total. The molecule has 108 valence electrons. The van der Waals surface area contributed by atoms with Crippen LogP contribution in [-0.4, -0.2) is 58.6 Å². The summed E-state index contributed by atoms with van der Waals surface area (Å²) in [5.41, 5.74) is 0. The van der Waals surface area contributed by atoms with Crippen LogP contribution in [-0.2, 0) is 13.4 Å². The zero-order chi connectivity index (χ0) is 13.6. The molecule has 0 aromatic heterocycles. The lowest BCUT2D eigenvalue weighted by Crippen LogP contribution is -2.36. The van der Waals surface area contributed by atoms with Crippen LogP contribution in [0.25, 0.3) is 0 Å². The van der Waals surface area contributed by atoms with Crippen LogP contribution in [0.1, 0.15) is 0 Å². The van der Waals surface area contributed by atoms with Gasteiger partial charge in [0.05, 0.1) is 27.7 Å². The van der Waals surface area contributed by atoms with Crippen molar-refractivity contribution >= 4 is 15.6 Å². The predicted molar refractivity (Wildman–Crippen MR) is 58.0 cm³/mol. The number of hydrogen-bond donors (Lipinski definition) is 5. The highest BCUT2D eigenvalue weighted by atomic mass is 31.3. The average Bonchev–Trinajstić information content (AvgIpc) is 1.73. The molecule has 1 unspecified atom stereocenters. The largest absolute Gasteiger partial charge is 0.756 e. The lowest BCUT2D eigenvalue weighted by atomic mass is 10.5. The molecular formula is C5H20N2O8P2. The number of likely N-dealkylation sites (N-methyl/N-ethyl adjacent to an activating group) is 1. The highest BCUT2D eigenvalue weighted by molar-refractivity contribution is 7.59. The van der Waals surface area contributed by atoms with E-state index in [1.54, 1.807) is 0 Å². The van der Waals surface area contributed by atoms with E-state index < -0.39 is 15.6 Å². The molecule has 0 aliphatic rings. The molecule has 0 rings (SSSR count). The summed E-state index contributed by atoms with van der Waals surface area (Å²) in [4.78, 5) is 32.6. The molecule has 17 heavy (non-hydrogen) atoms. The molecule has 0 bridgehead atoms. The molecule has 0 aliphatic carbocycles. The van der Waals surface area contributed by atoms with E-state index in [-0.39, 0.29) is 12.8 Å². The maximum atomic E-state index is 9.59. The molecule has 0 saturated carbocycles. The van der Waals surface area contributed by atoms with Gasteiger partial charge in [0.1, 0.15) is 6.54 Å². The molecule has 0 fully saturated rings. The standard InChI is InChI=1S/C5H14NO.H3N.H4O7P2/c1-6(2,3)4-5-7;;1-8(2,3)7-9(4,5)6/h7H,4-5H2,1-3H3;1H3;(H2,1,2,3)(H2,4,5,6)/q+1;;/p-1. The second kappa shape index (κ2) is 8.28. The van der Waals surface area contributed by atoms with Gasteiger partial charge in [-0.2, -0.15) is 0 Å². The summed E-state index contributed by atoms with van der Waals surface area (Å²) in [6.45, 7) is 1.11. The van der Waals surface area contributed by atoms with Gasteiger partial charge in [0.25, 0.3) is 7.82 Å². The lowest BCUT2D eigenvalue weighted by Gasteiger charge is -2.21. The van der Waals surface area contributed by atoms with Crippen LogP contribution >= 0.6 is 15.6 Å². The Morgan fingerprint density at radius 2 is 1.53 bits per heavy atom. The van der Waals surface area contributed by atoms with Crippen molar-refractivity contribution in [2.75, 3.05) is 34.3 Å². The second-order valence-corrected chi connectivity index (χ2v) is 6.35. The Hall–Kier alpha value is 0.140. The summed E-state index contributed by atoms with van der Waals surface area (Å²) in [5.74, 6) is 0. The molecule has 0 aliphatic heterocycles. The van der Waals surface area contributed by atoms with Gasteiger partial charge in [0.15, 0.2) is 0 Å². The molecule has 0 radical (unpaired) electrons.